The zero-order chi connectivity index (χ0) is 10.1. The molecule has 0 aliphatic carbocycles. The van der Waals surface area contributed by atoms with E-state index < -0.39 is 11.6 Å². The minimum Gasteiger partial charge on any atom is -0.384 e. The number of hydrogen-bond acceptors (Lipinski definition) is 2. The molecule has 0 bridgehead atoms. The number of aromatic nitrogens is 2. The van der Waals surface area contributed by atoms with E-state index in [0.29, 0.717) is 16.9 Å². The van der Waals surface area contributed by atoms with Crippen LogP contribution < -0.4 is 5.73 Å². The molecule has 14 heavy (non-hydrogen) atoms. The summed E-state index contributed by atoms with van der Waals surface area (Å²) in [5.74, 6) is -1.45. The number of hydrogen-bond donors (Lipinski definition) is 2. The Morgan fingerprint density at radius 3 is 2.57 bits per heavy atom. The van der Waals surface area contributed by atoms with E-state index in [0.717, 1.165) is 12.1 Å². The monoisotopic (exact) mass is 195 g/mol. The number of benzene rings is 1. The lowest BCUT2D eigenvalue weighted by Crippen LogP contribution is -1.89. The maximum Gasteiger partial charge on any atom is 0.159 e. The lowest BCUT2D eigenvalue weighted by atomic mass is 10.1. The first kappa shape index (κ1) is 8.68. The van der Waals surface area contributed by atoms with Crippen LogP contribution >= 0.6 is 0 Å². The standard InChI is InChI=1S/C9H7F2N3/c10-7-2-1-5(3-8(7)11)6-4-13-14-9(6)12/h1-4H,(H3,12,13,14). The van der Waals surface area contributed by atoms with Gasteiger partial charge in [-0.2, -0.15) is 5.10 Å². The zero-order valence-electron chi connectivity index (χ0n) is 7.09. The largest absolute Gasteiger partial charge is 0.384 e. The molecule has 0 fully saturated rings. The average molecular weight is 195 g/mol. The smallest absolute Gasteiger partial charge is 0.159 e. The lowest BCUT2D eigenvalue weighted by Gasteiger charge is -1.99. The first-order valence-corrected chi connectivity index (χ1v) is 3.93. The van der Waals surface area contributed by atoms with E-state index in [2.05, 4.69) is 10.2 Å². The molecule has 0 spiro atoms. The van der Waals surface area contributed by atoms with Crippen LogP contribution in [0, 0.1) is 11.6 Å². The van der Waals surface area contributed by atoms with Gasteiger partial charge in [-0.3, -0.25) is 5.10 Å². The number of rotatable bonds is 1. The number of H-pyrrole nitrogens is 1. The van der Waals surface area contributed by atoms with E-state index in [-0.39, 0.29) is 0 Å². The van der Waals surface area contributed by atoms with Crippen molar-refractivity contribution in [3.05, 3.63) is 36.0 Å². The molecule has 0 saturated carbocycles. The van der Waals surface area contributed by atoms with E-state index in [4.69, 9.17) is 5.73 Å². The van der Waals surface area contributed by atoms with E-state index in [9.17, 15) is 8.78 Å². The molecular weight excluding hydrogens is 188 g/mol. The Kier molecular flexibility index (Phi) is 1.92. The second kappa shape index (κ2) is 3.10. The summed E-state index contributed by atoms with van der Waals surface area (Å²) >= 11 is 0. The topological polar surface area (TPSA) is 54.7 Å². The summed E-state index contributed by atoms with van der Waals surface area (Å²) in [6, 6.07) is 3.58. The minimum atomic E-state index is -0.900. The first-order valence-electron chi connectivity index (χ1n) is 3.93. The summed E-state index contributed by atoms with van der Waals surface area (Å²) in [4.78, 5) is 0. The summed E-state index contributed by atoms with van der Waals surface area (Å²) in [6.07, 6.45) is 1.46. The van der Waals surface area contributed by atoms with Gasteiger partial charge in [-0.25, -0.2) is 8.78 Å². The van der Waals surface area contributed by atoms with Gasteiger partial charge in [0, 0.05) is 5.56 Å². The summed E-state index contributed by atoms with van der Waals surface area (Å²) < 4.78 is 25.5. The molecule has 0 atom stereocenters. The number of anilines is 1. The maximum atomic E-state index is 12.9. The number of nitrogens with two attached hydrogens (primary N) is 1. The van der Waals surface area contributed by atoms with Gasteiger partial charge in [-0.15, -0.1) is 0 Å². The Bertz CT molecular complexity index is 465. The van der Waals surface area contributed by atoms with Crippen molar-refractivity contribution in [2.45, 2.75) is 0 Å². The molecule has 0 amide bonds. The molecule has 1 aromatic carbocycles. The van der Waals surface area contributed by atoms with Crippen molar-refractivity contribution in [2.75, 3.05) is 5.73 Å². The Balaban J connectivity index is 2.53. The molecule has 5 heteroatoms. The molecule has 72 valence electrons. The van der Waals surface area contributed by atoms with Crippen LogP contribution in [-0.2, 0) is 0 Å². The van der Waals surface area contributed by atoms with Crippen molar-refractivity contribution in [3.8, 4) is 11.1 Å². The molecule has 1 aromatic heterocycles. The van der Waals surface area contributed by atoms with Gasteiger partial charge in [0.1, 0.15) is 5.82 Å². The van der Waals surface area contributed by atoms with Gasteiger partial charge in [0.25, 0.3) is 0 Å². The van der Waals surface area contributed by atoms with Crippen LogP contribution in [0.2, 0.25) is 0 Å². The van der Waals surface area contributed by atoms with Crippen molar-refractivity contribution in [3.63, 3.8) is 0 Å². The number of nitrogen functional groups attached to an aromatic ring is 1. The lowest BCUT2D eigenvalue weighted by molar-refractivity contribution is 0.509. The molecule has 2 aromatic rings. The maximum absolute atomic E-state index is 12.9. The third-order valence-corrected chi connectivity index (χ3v) is 1.90. The number of halogens is 2. The molecule has 0 unspecified atom stereocenters. The SMILES string of the molecule is Nc1[nH]ncc1-c1ccc(F)c(F)c1. The normalized spacial score (nSPS) is 10.4. The number of aromatic amines is 1. The summed E-state index contributed by atoms with van der Waals surface area (Å²) in [7, 11) is 0. The molecular formula is C9H7F2N3. The van der Waals surface area contributed by atoms with Crippen LogP contribution in [0.25, 0.3) is 11.1 Å². The van der Waals surface area contributed by atoms with Crippen LogP contribution in [0.5, 0.6) is 0 Å². The van der Waals surface area contributed by atoms with Crippen molar-refractivity contribution in [1.82, 2.24) is 10.2 Å². The highest BCUT2D eigenvalue weighted by Gasteiger charge is 2.07. The molecule has 0 aliphatic rings. The Morgan fingerprint density at radius 2 is 2.00 bits per heavy atom. The van der Waals surface area contributed by atoms with Crippen LogP contribution in [-0.4, -0.2) is 10.2 Å². The summed E-state index contributed by atoms with van der Waals surface area (Å²) in [6.45, 7) is 0. The van der Waals surface area contributed by atoms with Crippen LogP contribution in [0.1, 0.15) is 0 Å². The fourth-order valence-electron chi connectivity index (χ4n) is 1.19. The van der Waals surface area contributed by atoms with E-state index >= 15 is 0 Å². The second-order valence-electron chi connectivity index (χ2n) is 2.83. The Hall–Kier alpha value is -1.91. The first-order chi connectivity index (χ1) is 6.68. The van der Waals surface area contributed by atoms with E-state index in [1.807, 2.05) is 0 Å². The average Bonchev–Trinajstić information content (AvgIpc) is 2.57. The summed E-state index contributed by atoms with van der Waals surface area (Å²) in [5, 5.41) is 6.20. The van der Waals surface area contributed by atoms with Crippen LogP contribution in [0.15, 0.2) is 24.4 Å². The molecule has 1 heterocycles. The van der Waals surface area contributed by atoms with E-state index in [1.54, 1.807) is 0 Å². The van der Waals surface area contributed by atoms with Crippen molar-refractivity contribution in [1.29, 1.82) is 0 Å². The van der Waals surface area contributed by atoms with E-state index in [1.165, 1.54) is 12.3 Å². The fourth-order valence-corrected chi connectivity index (χ4v) is 1.19. The summed E-state index contributed by atoms with van der Waals surface area (Å²) in [5.41, 5.74) is 6.58. The predicted octanol–water partition coefficient (Wildman–Crippen LogP) is 1.94. The van der Waals surface area contributed by atoms with Gasteiger partial charge in [-0.1, -0.05) is 6.07 Å². The minimum absolute atomic E-state index is 0.330. The van der Waals surface area contributed by atoms with Gasteiger partial charge in [0.15, 0.2) is 11.6 Å². The zero-order valence-corrected chi connectivity index (χ0v) is 7.09. The van der Waals surface area contributed by atoms with Crippen molar-refractivity contribution in [2.24, 2.45) is 0 Å². The molecule has 3 N–H and O–H groups in total. The third kappa shape index (κ3) is 1.32. The van der Waals surface area contributed by atoms with Crippen molar-refractivity contribution >= 4 is 5.82 Å². The van der Waals surface area contributed by atoms with Gasteiger partial charge in [0.05, 0.1) is 6.20 Å². The number of nitrogens with one attached hydrogen (secondary N) is 1. The van der Waals surface area contributed by atoms with Crippen molar-refractivity contribution < 1.29 is 8.78 Å². The second-order valence-corrected chi connectivity index (χ2v) is 2.83. The highest BCUT2D eigenvalue weighted by atomic mass is 19.2. The Labute approximate surface area is 78.6 Å². The molecule has 3 nitrogen and oxygen atoms in total. The van der Waals surface area contributed by atoms with Gasteiger partial charge < -0.3 is 5.73 Å². The van der Waals surface area contributed by atoms with Crippen LogP contribution in [0.4, 0.5) is 14.6 Å². The predicted molar refractivity (Wildman–Crippen MR) is 48.4 cm³/mol. The van der Waals surface area contributed by atoms with Crippen LogP contribution in [0.3, 0.4) is 0 Å². The highest BCUT2D eigenvalue weighted by Crippen LogP contribution is 2.24. The Morgan fingerprint density at radius 1 is 1.21 bits per heavy atom. The fraction of sp³-hybridized carbons (Fsp3) is 0. The molecule has 0 saturated heterocycles. The third-order valence-electron chi connectivity index (χ3n) is 1.90. The van der Waals surface area contributed by atoms with Gasteiger partial charge in [-0.05, 0) is 17.7 Å². The molecule has 2 rings (SSSR count). The highest BCUT2D eigenvalue weighted by molar-refractivity contribution is 5.72. The van der Waals surface area contributed by atoms with Gasteiger partial charge >= 0.3 is 0 Å². The number of nitrogens with zero attached hydrogens (tertiary/aromatic N) is 1. The molecule has 0 radical (unpaired) electrons. The quantitative estimate of drug-likeness (QED) is 0.730. The van der Waals surface area contributed by atoms with Gasteiger partial charge in [0.2, 0.25) is 0 Å². The molecule has 0 aliphatic heterocycles.